The van der Waals surface area contributed by atoms with Crippen LogP contribution in [0.15, 0.2) is 22.7 Å². The van der Waals surface area contributed by atoms with E-state index in [0.717, 1.165) is 22.0 Å². The van der Waals surface area contributed by atoms with Gasteiger partial charge in [-0.1, -0.05) is 28.9 Å². The van der Waals surface area contributed by atoms with Crippen LogP contribution in [-0.4, -0.2) is 0 Å². The van der Waals surface area contributed by atoms with E-state index in [1.165, 1.54) is 0 Å². The molecule has 0 radical (unpaired) electrons. The van der Waals surface area contributed by atoms with Gasteiger partial charge >= 0.3 is 0 Å². The smallest absolute Gasteiger partial charge is 0.0994 e. The lowest BCUT2D eigenvalue weighted by atomic mass is 10.1. The minimum Gasteiger partial charge on any atom is -0.192 e. The maximum atomic E-state index is 8.70. The highest BCUT2D eigenvalue weighted by atomic mass is 79.9. The van der Waals surface area contributed by atoms with Crippen LogP contribution in [0, 0.1) is 11.3 Å². The molecular weight excluding hydrogens is 202 g/mol. The third kappa shape index (κ3) is 1.61. The fourth-order valence-corrected chi connectivity index (χ4v) is 1.67. The fourth-order valence-electron chi connectivity index (χ4n) is 1.02. The zero-order valence-corrected chi connectivity index (χ0v) is 7.85. The van der Waals surface area contributed by atoms with Gasteiger partial charge in [-0.25, -0.2) is 0 Å². The Morgan fingerprint density at radius 2 is 2.27 bits per heavy atom. The number of nitriles is 1. The lowest BCUT2D eigenvalue weighted by Gasteiger charge is -2.01. The number of hydrogen-bond donors (Lipinski definition) is 0. The van der Waals surface area contributed by atoms with E-state index in [9.17, 15) is 0 Å². The molecule has 56 valence electrons. The van der Waals surface area contributed by atoms with Gasteiger partial charge in [-0.2, -0.15) is 5.26 Å². The highest BCUT2D eigenvalue weighted by Gasteiger charge is 2.01. The normalized spacial score (nSPS) is 9.18. The second kappa shape index (κ2) is 3.54. The Morgan fingerprint density at radius 1 is 1.55 bits per heavy atom. The van der Waals surface area contributed by atoms with Crippen molar-refractivity contribution in [2.45, 2.75) is 13.3 Å². The van der Waals surface area contributed by atoms with Crippen molar-refractivity contribution in [1.82, 2.24) is 0 Å². The highest BCUT2D eigenvalue weighted by molar-refractivity contribution is 9.10. The van der Waals surface area contributed by atoms with Crippen LogP contribution >= 0.6 is 15.9 Å². The molecule has 0 aromatic heterocycles. The second-order valence-electron chi connectivity index (χ2n) is 2.23. The Labute approximate surface area is 74.8 Å². The van der Waals surface area contributed by atoms with E-state index >= 15 is 0 Å². The molecule has 0 bridgehead atoms. The molecule has 1 rings (SSSR count). The maximum Gasteiger partial charge on any atom is 0.0994 e. The molecule has 1 aromatic rings. The number of benzene rings is 1. The standard InChI is InChI=1S/C9H8BrN/c1-2-8-7(6-11)4-3-5-9(8)10/h3-5H,2H2,1H3. The average Bonchev–Trinajstić information content (AvgIpc) is 2.04. The van der Waals surface area contributed by atoms with Crippen molar-refractivity contribution in [2.24, 2.45) is 0 Å². The molecule has 2 heteroatoms. The Morgan fingerprint density at radius 3 is 2.73 bits per heavy atom. The second-order valence-corrected chi connectivity index (χ2v) is 3.09. The third-order valence-corrected chi connectivity index (χ3v) is 2.34. The summed E-state index contributed by atoms with van der Waals surface area (Å²) in [6, 6.07) is 7.83. The summed E-state index contributed by atoms with van der Waals surface area (Å²) in [5, 5.41) is 8.70. The van der Waals surface area contributed by atoms with Gasteiger partial charge in [0.25, 0.3) is 0 Å². The van der Waals surface area contributed by atoms with E-state index in [2.05, 4.69) is 22.0 Å². The Bertz CT molecular complexity index is 299. The molecular formula is C9H8BrN. The van der Waals surface area contributed by atoms with Crippen molar-refractivity contribution >= 4 is 15.9 Å². The van der Waals surface area contributed by atoms with Gasteiger partial charge in [0.2, 0.25) is 0 Å². The van der Waals surface area contributed by atoms with Gasteiger partial charge in [-0.15, -0.1) is 0 Å². The van der Waals surface area contributed by atoms with Gasteiger partial charge in [0.15, 0.2) is 0 Å². The highest BCUT2D eigenvalue weighted by Crippen LogP contribution is 2.20. The van der Waals surface area contributed by atoms with Crippen LogP contribution in [0.5, 0.6) is 0 Å². The van der Waals surface area contributed by atoms with Crippen molar-refractivity contribution in [2.75, 3.05) is 0 Å². The summed E-state index contributed by atoms with van der Waals surface area (Å²) < 4.78 is 1.03. The SMILES string of the molecule is CCc1c(Br)cccc1C#N. The first-order chi connectivity index (χ1) is 5.29. The molecule has 0 N–H and O–H groups in total. The largest absolute Gasteiger partial charge is 0.192 e. The van der Waals surface area contributed by atoms with Gasteiger partial charge in [-0.3, -0.25) is 0 Å². The van der Waals surface area contributed by atoms with Crippen LogP contribution < -0.4 is 0 Å². The predicted molar refractivity (Wildman–Crippen MR) is 48.2 cm³/mol. The van der Waals surface area contributed by atoms with E-state index in [1.807, 2.05) is 25.1 Å². The Kier molecular flexibility index (Phi) is 2.67. The van der Waals surface area contributed by atoms with E-state index in [1.54, 1.807) is 0 Å². The van der Waals surface area contributed by atoms with E-state index < -0.39 is 0 Å². The molecule has 0 aliphatic heterocycles. The van der Waals surface area contributed by atoms with Crippen molar-refractivity contribution in [3.63, 3.8) is 0 Å². The molecule has 0 spiro atoms. The van der Waals surface area contributed by atoms with Gasteiger partial charge in [0.1, 0.15) is 0 Å². The zero-order chi connectivity index (χ0) is 8.27. The van der Waals surface area contributed by atoms with Gasteiger partial charge in [0.05, 0.1) is 11.6 Å². The molecule has 11 heavy (non-hydrogen) atoms. The first kappa shape index (κ1) is 8.29. The molecule has 0 aliphatic carbocycles. The molecule has 1 nitrogen and oxygen atoms in total. The van der Waals surface area contributed by atoms with Crippen LogP contribution in [0.4, 0.5) is 0 Å². The molecule has 1 aromatic carbocycles. The van der Waals surface area contributed by atoms with Crippen molar-refractivity contribution in [1.29, 1.82) is 5.26 Å². The topological polar surface area (TPSA) is 23.8 Å². The quantitative estimate of drug-likeness (QED) is 0.699. The first-order valence-electron chi connectivity index (χ1n) is 3.47. The molecule has 0 saturated carbocycles. The maximum absolute atomic E-state index is 8.70. The van der Waals surface area contributed by atoms with Crippen LogP contribution in [0.1, 0.15) is 18.1 Å². The van der Waals surface area contributed by atoms with Crippen LogP contribution in [0.3, 0.4) is 0 Å². The summed E-state index contributed by atoms with van der Waals surface area (Å²) in [6.45, 7) is 2.04. The molecule has 0 heterocycles. The summed E-state index contributed by atoms with van der Waals surface area (Å²) in [7, 11) is 0. The third-order valence-electron chi connectivity index (χ3n) is 1.59. The number of rotatable bonds is 1. The van der Waals surface area contributed by atoms with E-state index in [0.29, 0.717) is 0 Å². The van der Waals surface area contributed by atoms with Crippen molar-refractivity contribution in [3.8, 4) is 6.07 Å². The van der Waals surface area contributed by atoms with Crippen molar-refractivity contribution < 1.29 is 0 Å². The summed E-state index contributed by atoms with van der Waals surface area (Å²) in [5.41, 5.74) is 1.86. The van der Waals surface area contributed by atoms with Crippen LogP contribution in [0.2, 0.25) is 0 Å². The van der Waals surface area contributed by atoms with Crippen molar-refractivity contribution in [3.05, 3.63) is 33.8 Å². The zero-order valence-electron chi connectivity index (χ0n) is 6.26. The first-order valence-corrected chi connectivity index (χ1v) is 4.26. The summed E-state index contributed by atoms with van der Waals surface area (Å²) >= 11 is 3.40. The number of halogens is 1. The minimum absolute atomic E-state index is 0.766. The number of hydrogen-bond acceptors (Lipinski definition) is 1. The molecule has 0 aliphatic rings. The summed E-state index contributed by atoms with van der Waals surface area (Å²) in [4.78, 5) is 0. The summed E-state index contributed by atoms with van der Waals surface area (Å²) in [6.07, 6.45) is 0.893. The lowest BCUT2D eigenvalue weighted by Crippen LogP contribution is -1.87. The monoisotopic (exact) mass is 209 g/mol. The van der Waals surface area contributed by atoms with E-state index in [-0.39, 0.29) is 0 Å². The Balaban J connectivity index is 3.27. The summed E-state index contributed by atoms with van der Waals surface area (Å²) in [5.74, 6) is 0. The molecule has 0 atom stereocenters. The predicted octanol–water partition coefficient (Wildman–Crippen LogP) is 2.88. The van der Waals surface area contributed by atoms with Gasteiger partial charge in [-0.05, 0) is 24.1 Å². The van der Waals surface area contributed by atoms with Gasteiger partial charge in [0, 0.05) is 4.47 Å². The fraction of sp³-hybridized carbons (Fsp3) is 0.222. The van der Waals surface area contributed by atoms with E-state index in [4.69, 9.17) is 5.26 Å². The molecule has 0 unspecified atom stereocenters. The van der Waals surface area contributed by atoms with Crippen LogP contribution in [0.25, 0.3) is 0 Å². The molecule has 0 fully saturated rings. The Hall–Kier alpha value is -0.810. The number of nitrogens with zero attached hydrogens (tertiary/aromatic N) is 1. The van der Waals surface area contributed by atoms with Crippen LogP contribution in [-0.2, 0) is 6.42 Å². The average molecular weight is 210 g/mol. The minimum atomic E-state index is 0.766. The lowest BCUT2D eigenvalue weighted by molar-refractivity contribution is 1.11. The molecule has 0 saturated heterocycles. The molecule has 0 amide bonds. The van der Waals surface area contributed by atoms with Gasteiger partial charge < -0.3 is 0 Å².